The number of rotatable bonds is 57. The number of carbonyl (C=O) groups excluding carboxylic acids is 3. The topological polar surface area (TPSA) is 78.9 Å². The summed E-state index contributed by atoms with van der Waals surface area (Å²) in [5.41, 5.74) is 0. The number of carbonyl (C=O) groups is 3. The van der Waals surface area contributed by atoms with Crippen molar-refractivity contribution in [2.45, 2.75) is 297 Å². The van der Waals surface area contributed by atoms with Crippen LogP contribution in [0, 0.1) is 0 Å². The van der Waals surface area contributed by atoms with E-state index < -0.39 is 6.10 Å². The van der Waals surface area contributed by atoms with E-state index in [1.807, 2.05) is 6.08 Å². The fourth-order valence-electron chi connectivity index (χ4n) is 8.71. The van der Waals surface area contributed by atoms with Crippen molar-refractivity contribution in [1.29, 1.82) is 0 Å². The van der Waals surface area contributed by atoms with E-state index in [-0.39, 0.29) is 37.5 Å². The molecule has 0 fully saturated rings. The van der Waals surface area contributed by atoms with Gasteiger partial charge in [0.05, 0.1) is 0 Å². The molecule has 0 aromatic heterocycles. The number of hydrogen-bond acceptors (Lipinski definition) is 6. The van der Waals surface area contributed by atoms with Gasteiger partial charge >= 0.3 is 17.9 Å². The number of esters is 3. The van der Waals surface area contributed by atoms with E-state index in [0.29, 0.717) is 19.3 Å². The lowest BCUT2D eigenvalue weighted by Gasteiger charge is -2.18. The summed E-state index contributed by atoms with van der Waals surface area (Å²) in [6.07, 6.45) is 89.4. The summed E-state index contributed by atoms with van der Waals surface area (Å²) in [6.45, 7) is 6.34. The number of allylic oxidation sites excluding steroid dienone is 20. The maximum atomic E-state index is 12.9. The van der Waals surface area contributed by atoms with Gasteiger partial charge < -0.3 is 14.2 Å². The second-order valence-corrected chi connectivity index (χ2v) is 20.9. The number of hydrogen-bond donors (Lipinski definition) is 0. The molecule has 0 amide bonds. The molecule has 0 saturated carbocycles. The van der Waals surface area contributed by atoms with Gasteiger partial charge in [0.25, 0.3) is 0 Å². The second kappa shape index (κ2) is 64.3. The SMILES string of the molecule is CC/C=C\C/C=C\C/C=C\C/C=C\CCC(=O)OCC(COC(=O)CCCCCCCCCCCCCCCC/C=C\C/C=C\C/C=C\CCCCCCC)OC(=O)CCCCCCCCC/C=C\C/C=C\C/C=C\CC. The molecule has 438 valence electrons. The first-order valence-corrected chi connectivity index (χ1v) is 32.0. The zero-order valence-electron chi connectivity index (χ0n) is 50.2. The Morgan fingerprint density at radius 1 is 0.273 bits per heavy atom. The van der Waals surface area contributed by atoms with Crippen LogP contribution in [0.3, 0.4) is 0 Å². The van der Waals surface area contributed by atoms with Crippen molar-refractivity contribution in [3.63, 3.8) is 0 Å². The van der Waals surface area contributed by atoms with Crippen LogP contribution in [0.25, 0.3) is 0 Å². The van der Waals surface area contributed by atoms with E-state index in [9.17, 15) is 14.4 Å². The first-order valence-electron chi connectivity index (χ1n) is 32.0. The lowest BCUT2D eigenvalue weighted by molar-refractivity contribution is -0.166. The molecule has 0 aromatic rings. The molecule has 0 aliphatic heterocycles. The van der Waals surface area contributed by atoms with E-state index >= 15 is 0 Å². The predicted octanol–water partition coefficient (Wildman–Crippen LogP) is 22.0. The van der Waals surface area contributed by atoms with Crippen molar-refractivity contribution in [3.8, 4) is 0 Å². The highest BCUT2D eigenvalue weighted by atomic mass is 16.6. The summed E-state index contributed by atoms with van der Waals surface area (Å²) in [5.74, 6) is -0.999. The maximum absolute atomic E-state index is 12.9. The van der Waals surface area contributed by atoms with Crippen molar-refractivity contribution in [3.05, 3.63) is 122 Å². The third kappa shape index (κ3) is 62.5. The monoisotopic (exact) mass is 1070 g/mol. The minimum absolute atomic E-state index is 0.106. The third-order valence-corrected chi connectivity index (χ3v) is 13.4. The first-order chi connectivity index (χ1) is 38.0. The highest BCUT2D eigenvalue weighted by Gasteiger charge is 2.19. The highest BCUT2D eigenvalue weighted by molar-refractivity contribution is 5.71. The Bertz CT molecular complexity index is 1600. The molecule has 0 spiro atoms. The fraction of sp³-hybridized carbons (Fsp3) is 0.676. The molecule has 6 heteroatoms. The molecule has 77 heavy (non-hydrogen) atoms. The Kier molecular flexibility index (Phi) is 60.8. The highest BCUT2D eigenvalue weighted by Crippen LogP contribution is 2.16. The van der Waals surface area contributed by atoms with Gasteiger partial charge in [-0.25, -0.2) is 0 Å². The molecule has 0 saturated heterocycles. The van der Waals surface area contributed by atoms with Crippen molar-refractivity contribution in [2.75, 3.05) is 13.2 Å². The van der Waals surface area contributed by atoms with Crippen LogP contribution in [0.15, 0.2) is 122 Å². The minimum atomic E-state index is -0.816. The Labute approximate surface area is 475 Å². The average Bonchev–Trinajstić information content (AvgIpc) is 3.43. The summed E-state index contributed by atoms with van der Waals surface area (Å²) in [4.78, 5) is 38.2. The normalized spacial score (nSPS) is 12.9. The van der Waals surface area contributed by atoms with Gasteiger partial charge in [-0.15, -0.1) is 0 Å². The smallest absolute Gasteiger partial charge is 0.306 e. The molecule has 1 unspecified atom stereocenters. The van der Waals surface area contributed by atoms with E-state index in [0.717, 1.165) is 103 Å². The Morgan fingerprint density at radius 2 is 0.532 bits per heavy atom. The third-order valence-electron chi connectivity index (χ3n) is 13.4. The van der Waals surface area contributed by atoms with Gasteiger partial charge in [0.1, 0.15) is 13.2 Å². The number of ether oxygens (including phenoxy) is 3. The van der Waals surface area contributed by atoms with Crippen molar-refractivity contribution in [1.82, 2.24) is 0 Å². The van der Waals surface area contributed by atoms with Crippen LogP contribution in [-0.2, 0) is 28.6 Å². The zero-order valence-corrected chi connectivity index (χ0v) is 50.2. The van der Waals surface area contributed by atoms with Crippen LogP contribution in [0.4, 0.5) is 0 Å². The summed E-state index contributed by atoms with van der Waals surface area (Å²) in [5, 5.41) is 0. The van der Waals surface area contributed by atoms with E-state index in [1.165, 1.54) is 141 Å². The van der Waals surface area contributed by atoms with Gasteiger partial charge in [0, 0.05) is 19.3 Å². The van der Waals surface area contributed by atoms with E-state index in [2.05, 4.69) is 136 Å². The molecular weight excluding hydrogens is 949 g/mol. The molecular formula is C71H118O6. The van der Waals surface area contributed by atoms with Gasteiger partial charge in [-0.3, -0.25) is 14.4 Å². The molecule has 1 atom stereocenters. The Hall–Kier alpha value is -4.19. The van der Waals surface area contributed by atoms with Gasteiger partial charge in [0.2, 0.25) is 0 Å². The van der Waals surface area contributed by atoms with Crippen LogP contribution in [-0.4, -0.2) is 37.2 Å². The number of unbranched alkanes of at least 4 members (excludes halogenated alkanes) is 26. The van der Waals surface area contributed by atoms with Gasteiger partial charge in [-0.1, -0.05) is 277 Å². The molecule has 6 nitrogen and oxygen atoms in total. The minimum Gasteiger partial charge on any atom is -0.462 e. The largest absolute Gasteiger partial charge is 0.462 e. The molecule has 0 radical (unpaired) electrons. The van der Waals surface area contributed by atoms with Gasteiger partial charge in [0.15, 0.2) is 6.10 Å². The molecule has 0 heterocycles. The first kappa shape index (κ1) is 72.8. The molecule has 0 aliphatic rings. The Balaban J connectivity index is 4.30. The maximum Gasteiger partial charge on any atom is 0.306 e. The molecule has 0 bridgehead atoms. The van der Waals surface area contributed by atoms with Gasteiger partial charge in [-0.05, 0) is 116 Å². The van der Waals surface area contributed by atoms with Crippen molar-refractivity contribution in [2.24, 2.45) is 0 Å². The van der Waals surface area contributed by atoms with Crippen LogP contribution in [0.2, 0.25) is 0 Å². The molecule has 0 aliphatic carbocycles. The zero-order chi connectivity index (χ0) is 55.7. The molecule has 0 N–H and O–H groups in total. The average molecular weight is 1070 g/mol. The predicted molar refractivity (Wildman–Crippen MR) is 334 cm³/mol. The summed E-state index contributed by atoms with van der Waals surface area (Å²) >= 11 is 0. The van der Waals surface area contributed by atoms with E-state index in [4.69, 9.17) is 14.2 Å². The lowest BCUT2D eigenvalue weighted by Crippen LogP contribution is -2.30. The molecule has 0 aromatic carbocycles. The summed E-state index contributed by atoms with van der Waals surface area (Å²) in [7, 11) is 0. The standard InChI is InChI=1S/C71H118O6/c1-4-7-10-13-16-19-22-25-27-29-30-31-32-33-34-35-36-37-38-39-40-42-43-46-49-52-55-58-61-64-70(73)76-67-68(66-75-69(72)63-60-57-54-51-48-45-24-21-18-15-12-9-6-3)77-71(74)65-62-59-56-53-50-47-44-41-28-26-23-20-17-14-11-8-5-2/h8-9,11-12,17-18,20-22,25-26,28-30,32-33,45,48,54,57,68H,4-7,10,13-16,19,23-24,27,31,34-44,46-47,49-53,55-56,58-67H2,1-3H3/b11-8-,12-9-,20-17-,21-18-,25-22-,28-26-,30-29-,33-32-,48-45-,57-54-. The Morgan fingerprint density at radius 3 is 0.870 bits per heavy atom. The van der Waals surface area contributed by atoms with Crippen LogP contribution in [0.5, 0.6) is 0 Å². The van der Waals surface area contributed by atoms with Gasteiger partial charge in [-0.2, -0.15) is 0 Å². The van der Waals surface area contributed by atoms with Crippen molar-refractivity contribution >= 4 is 17.9 Å². The second-order valence-electron chi connectivity index (χ2n) is 20.9. The fourth-order valence-corrected chi connectivity index (χ4v) is 8.71. The quantitative estimate of drug-likeness (QED) is 0.0261. The van der Waals surface area contributed by atoms with E-state index in [1.54, 1.807) is 0 Å². The van der Waals surface area contributed by atoms with Crippen LogP contribution >= 0.6 is 0 Å². The lowest BCUT2D eigenvalue weighted by atomic mass is 10.0. The summed E-state index contributed by atoms with van der Waals surface area (Å²) in [6, 6.07) is 0. The van der Waals surface area contributed by atoms with Crippen molar-refractivity contribution < 1.29 is 28.6 Å². The molecule has 0 rings (SSSR count). The van der Waals surface area contributed by atoms with Crippen LogP contribution < -0.4 is 0 Å². The summed E-state index contributed by atoms with van der Waals surface area (Å²) < 4.78 is 16.8. The van der Waals surface area contributed by atoms with Crippen LogP contribution in [0.1, 0.15) is 290 Å².